The molecule has 1 fully saturated rings. The molecule has 0 spiro atoms. The fourth-order valence-corrected chi connectivity index (χ4v) is 4.48. The van der Waals surface area contributed by atoms with E-state index in [0.717, 1.165) is 23.4 Å². The first-order chi connectivity index (χ1) is 18.3. The molecule has 4 aromatic rings. The van der Waals surface area contributed by atoms with Gasteiger partial charge in [0.1, 0.15) is 23.7 Å². The SMILES string of the molecule is O=C(O)[C@H]1CN(c2nccc(C(F)(F)F)n2)C[C@H]1Cc1ccc(OCc2cc(-c3ccccc3)no2)cc1. The summed E-state index contributed by atoms with van der Waals surface area (Å²) in [6, 6.07) is 19.5. The van der Waals surface area contributed by atoms with Crippen LogP contribution in [0.3, 0.4) is 0 Å². The van der Waals surface area contributed by atoms with E-state index in [0.29, 0.717) is 23.6 Å². The number of carboxylic acids is 1. The molecule has 2 aromatic heterocycles. The van der Waals surface area contributed by atoms with Gasteiger partial charge < -0.3 is 19.3 Å². The molecule has 0 saturated carbocycles. The van der Waals surface area contributed by atoms with E-state index in [-0.39, 0.29) is 31.6 Å². The summed E-state index contributed by atoms with van der Waals surface area (Å²) in [5.74, 6) is -1.06. The number of aromatic nitrogens is 3. The molecule has 1 aliphatic rings. The van der Waals surface area contributed by atoms with E-state index in [4.69, 9.17) is 9.26 Å². The number of ether oxygens (including phenoxy) is 1. The Labute approximate surface area is 215 Å². The van der Waals surface area contributed by atoms with Crippen molar-refractivity contribution in [2.45, 2.75) is 19.2 Å². The fraction of sp³-hybridized carbons (Fsp3) is 0.259. The molecule has 1 aliphatic heterocycles. The second kappa shape index (κ2) is 10.5. The van der Waals surface area contributed by atoms with E-state index < -0.39 is 23.8 Å². The van der Waals surface area contributed by atoms with Gasteiger partial charge in [-0.1, -0.05) is 47.6 Å². The molecular formula is C27H23F3N4O4. The van der Waals surface area contributed by atoms with E-state index in [2.05, 4.69) is 15.1 Å². The molecule has 0 aliphatic carbocycles. The highest BCUT2D eigenvalue weighted by atomic mass is 19.4. The standard InChI is InChI=1S/C27H23F3N4O4/c28-27(29,30)24-10-11-31-26(32-24)34-14-19(22(15-34)25(35)36)12-17-6-8-20(9-7-17)37-16-21-13-23(33-38-21)18-4-2-1-3-5-18/h1-11,13,19,22H,12,14-16H2,(H,35,36)/t19-,22+/m1/s1. The molecule has 0 amide bonds. The van der Waals surface area contributed by atoms with E-state index in [1.165, 1.54) is 4.90 Å². The van der Waals surface area contributed by atoms with Gasteiger partial charge >= 0.3 is 12.1 Å². The number of carboxylic acid groups (broad SMARTS) is 1. The molecule has 0 radical (unpaired) electrons. The minimum absolute atomic E-state index is 0.0324. The Balaban J connectivity index is 1.20. The Hall–Kier alpha value is -4.41. The third-order valence-electron chi connectivity index (χ3n) is 6.41. The summed E-state index contributed by atoms with van der Waals surface area (Å²) in [5, 5.41) is 13.8. The Morgan fingerprint density at radius 1 is 1.08 bits per heavy atom. The minimum Gasteiger partial charge on any atom is -0.486 e. The summed E-state index contributed by atoms with van der Waals surface area (Å²) in [4.78, 5) is 20.9. The summed E-state index contributed by atoms with van der Waals surface area (Å²) in [5.41, 5.74) is 1.48. The van der Waals surface area contributed by atoms with E-state index in [1.807, 2.05) is 48.5 Å². The maximum Gasteiger partial charge on any atom is 0.433 e. The molecule has 3 heterocycles. The van der Waals surface area contributed by atoms with Crippen molar-refractivity contribution in [3.8, 4) is 17.0 Å². The largest absolute Gasteiger partial charge is 0.486 e. The highest BCUT2D eigenvalue weighted by Gasteiger charge is 2.40. The molecule has 196 valence electrons. The Morgan fingerprint density at radius 3 is 2.55 bits per heavy atom. The van der Waals surface area contributed by atoms with E-state index in [1.54, 1.807) is 12.1 Å². The number of carbonyl (C=O) groups is 1. The highest BCUT2D eigenvalue weighted by molar-refractivity contribution is 5.72. The first-order valence-electron chi connectivity index (χ1n) is 11.9. The summed E-state index contributed by atoms with van der Waals surface area (Å²) >= 11 is 0. The minimum atomic E-state index is -4.61. The number of rotatable bonds is 8. The number of benzene rings is 2. The third-order valence-corrected chi connectivity index (χ3v) is 6.41. The van der Waals surface area contributed by atoms with Crippen LogP contribution in [0.25, 0.3) is 11.3 Å². The van der Waals surface area contributed by atoms with Gasteiger partial charge in [0.2, 0.25) is 5.95 Å². The molecule has 8 nitrogen and oxygen atoms in total. The van der Waals surface area contributed by atoms with Gasteiger partial charge in [-0.15, -0.1) is 0 Å². The van der Waals surface area contributed by atoms with Gasteiger partial charge in [0.05, 0.1) is 5.92 Å². The maximum absolute atomic E-state index is 13.1. The lowest BCUT2D eigenvalue weighted by Crippen LogP contribution is -2.25. The molecule has 1 N–H and O–H groups in total. The molecule has 5 rings (SSSR count). The smallest absolute Gasteiger partial charge is 0.433 e. The maximum atomic E-state index is 13.1. The average Bonchev–Trinajstić information content (AvgIpc) is 3.56. The van der Waals surface area contributed by atoms with Gasteiger partial charge in [0.15, 0.2) is 5.76 Å². The Bertz CT molecular complexity index is 1390. The normalized spacial score (nSPS) is 17.5. The van der Waals surface area contributed by atoms with Crippen LogP contribution in [-0.4, -0.2) is 39.3 Å². The van der Waals surface area contributed by atoms with Crippen LogP contribution < -0.4 is 9.64 Å². The molecule has 11 heteroatoms. The Morgan fingerprint density at radius 2 is 1.84 bits per heavy atom. The van der Waals surface area contributed by atoms with Gasteiger partial charge in [0.25, 0.3) is 0 Å². The molecule has 38 heavy (non-hydrogen) atoms. The summed E-state index contributed by atoms with van der Waals surface area (Å²) in [7, 11) is 0. The predicted octanol–water partition coefficient (Wildman–Crippen LogP) is 5.11. The van der Waals surface area contributed by atoms with Gasteiger partial charge in [-0.3, -0.25) is 4.79 Å². The molecule has 2 atom stereocenters. The lowest BCUT2D eigenvalue weighted by Gasteiger charge is -2.17. The molecule has 1 saturated heterocycles. The van der Waals surface area contributed by atoms with Gasteiger partial charge in [0, 0.05) is 30.9 Å². The van der Waals surface area contributed by atoms with Gasteiger partial charge in [-0.05, 0) is 36.1 Å². The van der Waals surface area contributed by atoms with Crippen molar-refractivity contribution in [1.82, 2.24) is 15.1 Å². The van der Waals surface area contributed by atoms with Crippen molar-refractivity contribution in [3.05, 3.63) is 89.9 Å². The van der Waals surface area contributed by atoms with Crippen molar-refractivity contribution in [3.63, 3.8) is 0 Å². The molecule has 0 bridgehead atoms. The van der Waals surface area contributed by atoms with Crippen molar-refractivity contribution in [1.29, 1.82) is 0 Å². The fourth-order valence-electron chi connectivity index (χ4n) is 4.48. The number of alkyl halides is 3. The second-order valence-electron chi connectivity index (χ2n) is 9.03. The first-order valence-corrected chi connectivity index (χ1v) is 11.9. The van der Waals surface area contributed by atoms with Gasteiger partial charge in [-0.2, -0.15) is 13.2 Å². The Kier molecular flexibility index (Phi) is 6.99. The lowest BCUT2D eigenvalue weighted by molar-refractivity contribution is -0.142. The summed E-state index contributed by atoms with van der Waals surface area (Å²) in [6.45, 7) is 0.450. The number of hydrogen-bond acceptors (Lipinski definition) is 7. The molecule has 0 unspecified atom stereocenters. The van der Waals surface area contributed by atoms with Crippen LogP contribution in [0.2, 0.25) is 0 Å². The first kappa shape index (κ1) is 25.2. The van der Waals surface area contributed by atoms with Crippen LogP contribution in [0.5, 0.6) is 5.75 Å². The summed E-state index contributed by atoms with van der Waals surface area (Å²) < 4.78 is 50.3. The quantitative estimate of drug-likeness (QED) is 0.339. The lowest BCUT2D eigenvalue weighted by atomic mass is 9.90. The molecule has 2 aromatic carbocycles. The van der Waals surface area contributed by atoms with Crippen LogP contribution in [-0.2, 0) is 24.0 Å². The van der Waals surface area contributed by atoms with E-state index >= 15 is 0 Å². The number of anilines is 1. The topological polar surface area (TPSA) is 102 Å². The third kappa shape index (κ3) is 5.77. The van der Waals surface area contributed by atoms with E-state index in [9.17, 15) is 23.1 Å². The monoisotopic (exact) mass is 524 g/mol. The van der Waals surface area contributed by atoms with Crippen molar-refractivity contribution >= 4 is 11.9 Å². The predicted molar refractivity (Wildman–Crippen MR) is 130 cm³/mol. The van der Waals surface area contributed by atoms with Crippen LogP contribution in [0.15, 0.2) is 77.4 Å². The zero-order valence-corrected chi connectivity index (χ0v) is 20.0. The van der Waals surface area contributed by atoms with Crippen LogP contribution in [0.1, 0.15) is 17.0 Å². The van der Waals surface area contributed by atoms with Crippen LogP contribution in [0.4, 0.5) is 19.1 Å². The zero-order valence-electron chi connectivity index (χ0n) is 20.0. The highest BCUT2D eigenvalue weighted by Crippen LogP contribution is 2.32. The summed E-state index contributed by atoms with van der Waals surface area (Å²) in [6.07, 6.45) is -3.14. The van der Waals surface area contributed by atoms with Crippen LogP contribution in [0, 0.1) is 11.8 Å². The number of hydrogen-bond donors (Lipinski definition) is 1. The number of aliphatic carboxylic acids is 1. The average molecular weight is 524 g/mol. The van der Waals surface area contributed by atoms with Crippen molar-refractivity contribution in [2.75, 3.05) is 18.0 Å². The number of nitrogens with zero attached hydrogens (tertiary/aromatic N) is 4. The van der Waals surface area contributed by atoms with Gasteiger partial charge in [-0.25, -0.2) is 9.97 Å². The van der Waals surface area contributed by atoms with Crippen molar-refractivity contribution in [2.24, 2.45) is 11.8 Å². The number of halogens is 3. The zero-order chi connectivity index (χ0) is 26.7. The second-order valence-corrected chi connectivity index (χ2v) is 9.03. The van der Waals surface area contributed by atoms with Crippen molar-refractivity contribution < 1.29 is 32.3 Å². The molecular weight excluding hydrogens is 501 g/mol. The van der Waals surface area contributed by atoms with Crippen LogP contribution >= 0.6 is 0 Å².